The van der Waals surface area contributed by atoms with Gasteiger partial charge in [0, 0.05) is 38.2 Å². The van der Waals surface area contributed by atoms with E-state index in [9.17, 15) is 14.4 Å². The van der Waals surface area contributed by atoms with Crippen LogP contribution in [0.2, 0.25) is 0 Å². The van der Waals surface area contributed by atoms with Crippen LogP contribution in [-0.2, 0) is 28.6 Å². The summed E-state index contributed by atoms with van der Waals surface area (Å²) in [5.41, 5.74) is 0.782. The fourth-order valence-corrected chi connectivity index (χ4v) is 4.58. The summed E-state index contributed by atoms with van der Waals surface area (Å²) in [4.78, 5) is 39.5. The molecule has 9 nitrogen and oxygen atoms in total. The number of esters is 3. The quantitative estimate of drug-likeness (QED) is 0.438. The van der Waals surface area contributed by atoms with Crippen molar-refractivity contribution >= 4 is 29.7 Å². The van der Waals surface area contributed by atoms with E-state index in [2.05, 4.69) is 4.98 Å². The Kier molecular flexibility index (Phi) is 8.16. The highest BCUT2D eigenvalue weighted by atomic mass is 32.2. The molecule has 0 N–H and O–H groups in total. The molecule has 33 heavy (non-hydrogen) atoms. The molecule has 2 aromatic rings. The van der Waals surface area contributed by atoms with Crippen LogP contribution in [0.15, 0.2) is 42.5 Å². The standard InChI is InChI=1S/C23H25NO8S/c1-13(25)29-19-12-33-23(22(31-15(3)27)21(19)30-14(2)26)32-17-8-5-7-16(11-17)18-9-6-10-20(24-18)28-4/h5-11,19,21-23H,12H2,1-4H3/t19-,21+,22-,23+/m1/s1. The number of rotatable bonds is 7. The summed E-state index contributed by atoms with van der Waals surface area (Å²) >= 11 is 1.29. The van der Waals surface area contributed by atoms with E-state index in [1.165, 1.54) is 32.5 Å². The summed E-state index contributed by atoms with van der Waals surface area (Å²) in [6.45, 7) is 3.74. The maximum Gasteiger partial charge on any atom is 0.303 e. The topological polar surface area (TPSA) is 110 Å². The molecule has 176 valence electrons. The molecule has 4 atom stereocenters. The number of carbonyl (C=O) groups is 3. The van der Waals surface area contributed by atoms with Gasteiger partial charge in [0.05, 0.1) is 12.8 Å². The van der Waals surface area contributed by atoms with Gasteiger partial charge in [0.25, 0.3) is 0 Å². The van der Waals surface area contributed by atoms with Crippen LogP contribution >= 0.6 is 11.8 Å². The minimum Gasteiger partial charge on any atom is -0.481 e. The van der Waals surface area contributed by atoms with Gasteiger partial charge in [-0.15, -0.1) is 11.8 Å². The summed E-state index contributed by atoms with van der Waals surface area (Å²) < 4.78 is 27.5. The van der Waals surface area contributed by atoms with Gasteiger partial charge in [0.2, 0.25) is 5.88 Å². The number of pyridine rings is 1. The number of hydrogen-bond donors (Lipinski definition) is 0. The van der Waals surface area contributed by atoms with Crippen molar-refractivity contribution in [3.63, 3.8) is 0 Å². The van der Waals surface area contributed by atoms with Gasteiger partial charge in [-0.2, -0.15) is 0 Å². The highest BCUT2D eigenvalue weighted by Gasteiger charge is 2.47. The Balaban J connectivity index is 1.87. The average molecular weight is 476 g/mol. The van der Waals surface area contributed by atoms with E-state index in [-0.39, 0.29) is 5.75 Å². The van der Waals surface area contributed by atoms with Gasteiger partial charge >= 0.3 is 17.9 Å². The maximum atomic E-state index is 11.8. The molecule has 0 aliphatic carbocycles. The van der Waals surface area contributed by atoms with Crippen LogP contribution in [0, 0.1) is 0 Å². The van der Waals surface area contributed by atoms with Crippen molar-refractivity contribution in [1.29, 1.82) is 0 Å². The van der Waals surface area contributed by atoms with E-state index in [0.29, 0.717) is 17.3 Å². The number of benzene rings is 1. The first-order valence-electron chi connectivity index (χ1n) is 10.2. The van der Waals surface area contributed by atoms with Gasteiger partial charge in [-0.1, -0.05) is 18.2 Å². The predicted molar refractivity (Wildman–Crippen MR) is 120 cm³/mol. The molecule has 1 fully saturated rings. The Hall–Kier alpha value is -3.27. The van der Waals surface area contributed by atoms with Gasteiger partial charge in [0.1, 0.15) is 5.75 Å². The zero-order valence-electron chi connectivity index (χ0n) is 18.7. The summed E-state index contributed by atoms with van der Waals surface area (Å²) in [7, 11) is 1.55. The highest BCUT2D eigenvalue weighted by Crippen LogP contribution is 2.35. The van der Waals surface area contributed by atoms with Crippen molar-refractivity contribution in [2.24, 2.45) is 0 Å². The molecule has 0 unspecified atom stereocenters. The molecule has 1 saturated heterocycles. The number of carbonyl (C=O) groups excluding carboxylic acids is 3. The number of ether oxygens (including phenoxy) is 5. The van der Waals surface area contributed by atoms with Crippen molar-refractivity contribution in [1.82, 2.24) is 4.98 Å². The molecule has 1 aromatic heterocycles. The summed E-state index contributed by atoms with van der Waals surface area (Å²) in [6, 6.07) is 12.7. The average Bonchev–Trinajstić information content (AvgIpc) is 2.77. The molecule has 3 rings (SSSR count). The lowest BCUT2D eigenvalue weighted by Gasteiger charge is -2.39. The Bertz CT molecular complexity index is 1010. The number of thioether (sulfide) groups is 1. The Morgan fingerprint density at radius 3 is 2.24 bits per heavy atom. The molecule has 0 spiro atoms. The van der Waals surface area contributed by atoms with Crippen molar-refractivity contribution < 1.29 is 38.1 Å². The zero-order valence-corrected chi connectivity index (χ0v) is 19.5. The van der Waals surface area contributed by atoms with Crippen LogP contribution < -0.4 is 9.47 Å². The van der Waals surface area contributed by atoms with Crippen LogP contribution in [0.1, 0.15) is 20.8 Å². The molecule has 10 heteroatoms. The van der Waals surface area contributed by atoms with Gasteiger partial charge in [-0.05, 0) is 18.2 Å². The molecule has 0 bridgehead atoms. The molecule has 1 aliphatic rings. The second-order valence-electron chi connectivity index (χ2n) is 7.21. The monoisotopic (exact) mass is 475 g/mol. The first-order chi connectivity index (χ1) is 15.8. The number of methoxy groups -OCH3 is 1. The predicted octanol–water partition coefficient (Wildman–Crippen LogP) is 3.00. The molecule has 0 amide bonds. The van der Waals surface area contributed by atoms with Crippen LogP contribution in [0.25, 0.3) is 11.3 Å². The first-order valence-corrected chi connectivity index (χ1v) is 11.2. The van der Waals surface area contributed by atoms with Crippen molar-refractivity contribution in [2.75, 3.05) is 12.9 Å². The molecular formula is C23H25NO8S. The van der Waals surface area contributed by atoms with Gasteiger partial charge in [0.15, 0.2) is 23.7 Å². The third-order valence-corrected chi connectivity index (χ3v) is 5.83. The van der Waals surface area contributed by atoms with Gasteiger partial charge in [-0.3, -0.25) is 14.4 Å². The summed E-state index contributed by atoms with van der Waals surface area (Å²) in [6.07, 6.45) is -2.79. The van der Waals surface area contributed by atoms with Crippen LogP contribution in [0.5, 0.6) is 11.6 Å². The summed E-state index contributed by atoms with van der Waals surface area (Å²) in [5.74, 6) is -0.430. The first kappa shape index (κ1) is 24.4. The maximum absolute atomic E-state index is 11.8. The third kappa shape index (κ3) is 6.61. The fourth-order valence-electron chi connectivity index (χ4n) is 3.36. The van der Waals surface area contributed by atoms with Gasteiger partial charge < -0.3 is 23.7 Å². The Labute approximate surface area is 195 Å². The van der Waals surface area contributed by atoms with Crippen molar-refractivity contribution in [2.45, 2.75) is 44.5 Å². The normalized spacial score (nSPS) is 22.1. The lowest BCUT2D eigenvalue weighted by molar-refractivity contribution is -0.186. The van der Waals surface area contributed by atoms with Crippen molar-refractivity contribution in [3.05, 3.63) is 42.5 Å². The summed E-state index contributed by atoms with van der Waals surface area (Å²) in [5, 5.41) is 0. The third-order valence-electron chi connectivity index (χ3n) is 4.62. The lowest BCUT2D eigenvalue weighted by Crippen LogP contribution is -2.55. The molecule has 1 aliphatic heterocycles. The highest BCUT2D eigenvalue weighted by molar-refractivity contribution is 7.99. The van der Waals surface area contributed by atoms with Crippen LogP contribution in [-0.4, -0.2) is 59.5 Å². The SMILES string of the molecule is COc1cccc(-c2cccc(O[C@H]3SC[C@@H](OC(C)=O)[C@H](OC(C)=O)[C@H]3OC(C)=O)c2)n1. The Morgan fingerprint density at radius 1 is 0.909 bits per heavy atom. The van der Waals surface area contributed by atoms with E-state index in [0.717, 1.165) is 5.56 Å². The van der Waals surface area contributed by atoms with E-state index in [1.54, 1.807) is 25.3 Å². The van der Waals surface area contributed by atoms with Gasteiger partial charge in [-0.25, -0.2) is 4.98 Å². The number of aromatic nitrogens is 1. The van der Waals surface area contributed by atoms with Crippen LogP contribution in [0.3, 0.4) is 0 Å². The molecular weight excluding hydrogens is 450 g/mol. The largest absolute Gasteiger partial charge is 0.481 e. The Morgan fingerprint density at radius 2 is 1.58 bits per heavy atom. The van der Waals surface area contributed by atoms with Crippen molar-refractivity contribution in [3.8, 4) is 22.9 Å². The molecule has 0 saturated carbocycles. The van der Waals surface area contributed by atoms with E-state index in [4.69, 9.17) is 23.7 Å². The molecule has 0 radical (unpaired) electrons. The van der Waals surface area contributed by atoms with E-state index >= 15 is 0 Å². The zero-order chi connectivity index (χ0) is 24.0. The van der Waals surface area contributed by atoms with E-state index < -0.39 is 41.7 Å². The lowest BCUT2D eigenvalue weighted by atomic mass is 10.1. The second-order valence-corrected chi connectivity index (χ2v) is 8.34. The number of nitrogens with zero attached hydrogens (tertiary/aromatic N) is 1. The molecule has 1 aromatic carbocycles. The smallest absolute Gasteiger partial charge is 0.303 e. The fraction of sp³-hybridized carbons (Fsp3) is 0.391. The number of hydrogen-bond acceptors (Lipinski definition) is 10. The van der Waals surface area contributed by atoms with E-state index in [1.807, 2.05) is 24.3 Å². The minimum atomic E-state index is -1.01. The molecule has 2 heterocycles. The van der Waals surface area contributed by atoms with Crippen LogP contribution in [0.4, 0.5) is 0 Å². The second kappa shape index (κ2) is 11.0. The minimum absolute atomic E-state index is 0.289.